The number of ether oxygens (including phenoxy) is 1. The Kier molecular flexibility index (Phi) is 8.39. The van der Waals surface area contributed by atoms with E-state index < -0.39 is 0 Å². The number of rotatable bonds is 8. The fourth-order valence-electron chi connectivity index (χ4n) is 3.65. The van der Waals surface area contributed by atoms with E-state index in [1.54, 1.807) is 19.2 Å². The van der Waals surface area contributed by atoms with Gasteiger partial charge in [0.2, 0.25) is 0 Å². The third-order valence-corrected chi connectivity index (χ3v) is 5.37. The molecule has 0 atom stereocenters. The lowest BCUT2D eigenvalue weighted by atomic mass is 10.1. The second-order valence-corrected chi connectivity index (χ2v) is 7.70. The van der Waals surface area contributed by atoms with Gasteiger partial charge in [0.15, 0.2) is 5.96 Å². The van der Waals surface area contributed by atoms with Crippen molar-refractivity contribution in [1.29, 1.82) is 0 Å². The number of nitrogens with one attached hydrogen (secondary N) is 2. The number of aliphatic imine (C=N–C) groups is 1. The Morgan fingerprint density at radius 2 is 1.77 bits per heavy atom. The number of nitrogens with zero attached hydrogens (tertiary/aromatic N) is 2. The lowest BCUT2D eigenvalue weighted by molar-refractivity contribution is 0.221. The van der Waals surface area contributed by atoms with Crippen LogP contribution in [0.2, 0.25) is 0 Å². The Bertz CT molecular complexity index is 814. The molecule has 1 heterocycles. The highest BCUT2D eigenvalue weighted by Gasteiger charge is 2.10. The smallest absolute Gasteiger partial charge is 0.191 e. The van der Waals surface area contributed by atoms with Gasteiger partial charge in [-0.3, -0.25) is 4.90 Å². The molecule has 1 aliphatic heterocycles. The predicted octanol–water partition coefficient (Wildman–Crippen LogP) is 3.64. The van der Waals surface area contributed by atoms with E-state index >= 15 is 0 Å². The van der Waals surface area contributed by atoms with Gasteiger partial charge in [0, 0.05) is 25.2 Å². The first-order valence-electron chi connectivity index (χ1n) is 10.9. The molecular weight excluding hydrogens is 376 g/mol. The molecule has 0 radical (unpaired) electrons. The van der Waals surface area contributed by atoms with Crippen molar-refractivity contribution in [2.75, 3.05) is 26.7 Å². The number of likely N-dealkylation sites (tertiary alicyclic amines) is 1. The number of hydrogen-bond acceptors (Lipinski definition) is 4. The van der Waals surface area contributed by atoms with Crippen LogP contribution in [0.15, 0.2) is 47.5 Å². The molecule has 2 aromatic rings. The van der Waals surface area contributed by atoms with Crippen LogP contribution >= 0.6 is 0 Å². The van der Waals surface area contributed by atoms with Crippen LogP contribution in [0.5, 0.6) is 11.5 Å². The zero-order valence-corrected chi connectivity index (χ0v) is 18.2. The van der Waals surface area contributed by atoms with E-state index in [0.29, 0.717) is 13.1 Å². The minimum Gasteiger partial charge on any atom is -0.508 e. The second-order valence-electron chi connectivity index (χ2n) is 7.70. The van der Waals surface area contributed by atoms with Gasteiger partial charge in [-0.05, 0) is 62.2 Å². The Morgan fingerprint density at radius 3 is 2.47 bits per heavy atom. The molecule has 3 rings (SSSR count). The predicted molar refractivity (Wildman–Crippen MR) is 122 cm³/mol. The van der Waals surface area contributed by atoms with Crippen LogP contribution in [0.4, 0.5) is 0 Å². The van der Waals surface area contributed by atoms with Crippen molar-refractivity contribution in [3.8, 4) is 11.5 Å². The fourth-order valence-corrected chi connectivity index (χ4v) is 3.65. The summed E-state index contributed by atoms with van der Waals surface area (Å²) in [6.07, 6.45) is 4.01. The van der Waals surface area contributed by atoms with Crippen molar-refractivity contribution < 1.29 is 9.84 Å². The molecule has 0 bridgehead atoms. The summed E-state index contributed by atoms with van der Waals surface area (Å²) in [5.74, 6) is 1.68. The van der Waals surface area contributed by atoms with Gasteiger partial charge in [-0.1, -0.05) is 30.7 Å². The topological polar surface area (TPSA) is 69.1 Å². The van der Waals surface area contributed by atoms with Crippen molar-refractivity contribution in [3.63, 3.8) is 0 Å². The van der Waals surface area contributed by atoms with Gasteiger partial charge in [0.25, 0.3) is 0 Å². The maximum atomic E-state index is 10.1. The van der Waals surface area contributed by atoms with Crippen molar-refractivity contribution in [2.24, 2.45) is 4.99 Å². The average Bonchev–Trinajstić information content (AvgIpc) is 2.78. The van der Waals surface area contributed by atoms with Crippen LogP contribution in [-0.2, 0) is 19.6 Å². The Labute approximate surface area is 180 Å². The summed E-state index contributed by atoms with van der Waals surface area (Å²) in [7, 11) is 1.62. The quantitative estimate of drug-likeness (QED) is 0.458. The van der Waals surface area contributed by atoms with E-state index in [4.69, 9.17) is 4.74 Å². The number of benzene rings is 2. The van der Waals surface area contributed by atoms with Crippen molar-refractivity contribution in [2.45, 2.75) is 45.8 Å². The third kappa shape index (κ3) is 6.66. The summed E-state index contributed by atoms with van der Waals surface area (Å²) < 4.78 is 5.24. The van der Waals surface area contributed by atoms with E-state index in [0.717, 1.165) is 30.4 Å². The highest BCUT2D eigenvalue weighted by Crippen LogP contribution is 2.22. The van der Waals surface area contributed by atoms with Gasteiger partial charge < -0.3 is 20.5 Å². The van der Waals surface area contributed by atoms with Crippen LogP contribution in [0.1, 0.15) is 42.9 Å². The summed E-state index contributed by atoms with van der Waals surface area (Å²) in [5.41, 5.74) is 3.31. The molecule has 1 saturated heterocycles. The van der Waals surface area contributed by atoms with Crippen LogP contribution < -0.4 is 15.4 Å². The average molecular weight is 411 g/mol. The summed E-state index contributed by atoms with van der Waals surface area (Å²) >= 11 is 0. The van der Waals surface area contributed by atoms with Crippen LogP contribution in [0.25, 0.3) is 0 Å². The van der Waals surface area contributed by atoms with Gasteiger partial charge in [-0.15, -0.1) is 0 Å². The van der Waals surface area contributed by atoms with Gasteiger partial charge in [-0.2, -0.15) is 0 Å². The van der Waals surface area contributed by atoms with E-state index in [1.807, 2.05) is 13.0 Å². The molecule has 0 unspecified atom stereocenters. The largest absolute Gasteiger partial charge is 0.508 e. The molecule has 0 spiro atoms. The molecule has 0 saturated carbocycles. The first-order valence-corrected chi connectivity index (χ1v) is 10.9. The summed E-state index contributed by atoms with van der Waals surface area (Å²) in [6.45, 7) is 7.34. The van der Waals surface area contributed by atoms with Crippen molar-refractivity contribution in [1.82, 2.24) is 15.5 Å². The second kappa shape index (κ2) is 11.5. The zero-order chi connectivity index (χ0) is 21.2. The fraction of sp³-hybridized carbons (Fsp3) is 0.458. The molecule has 2 aromatic carbocycles. The van der Waals surface area contributed by atoms with E-state index in [1.165, 1.54) is 43.5 Å². The molecule has 0 amide bonds. The van der Waals surface area contributed by atoms with Gasteiger partial charge in [0.05, 0.1) is 13.7 Å². The first kappa shape index (κ1) is 22.0. The molecule has 6 heteroatoms. The highest BCUT2D eigenvalue weighted by atomic mass is 16.5. The van der Waals surface area contributed by atoms with Gasteiger partial charge in [0.1, 0.15) is 11.5 Å². The minimum absolute atomic E-state index is 0.239. The molecule has 0 aliphatic carbocycles. The number of hydrogen-bond donors (Lipinski definition) is 3. The summed E-state index contributed by atoms with van der Waals surface area (Å²) in [4.78, 5) is 7.23. The number of piperidine rings is 1. The normalized spacial score (nSPS) is 15.1. The number of guanidine groups is 1. The summed E-state index contributed by atoms with van der Waals surface area (Å²) in [5, 5.41) is 16.6. The highest BCUT2D eigenvalue weighted by molar-refractivity contribution is 5.79. The molecule has 1 fully saturated rings. The van der Waals surface area contributed by atoms with E-state index in [9.17, 15) is 5.11 Å². The van der Waals surface area contributed by atoms with Gasteiger partial charge in [-0.25, -0.2) is 4.99 Å². The third-order valence-electron chi connectivity index (χ3n) is 5.37. The Morgan fingerprint density at radius 1 is 1.03 bits per heavy atom. The monoisotopic (exact) mass is 410 g/mol. The molecule has 3 N–H and O–H groups in total. The van der Waals surface area contributed by atoms with Crippen LogP contribution in [0.3, 0.4) is 0 Å². The van der Waals surface area contributed by atoms with Crippen LogP contribution in [0, 0.1) is 0 Å². The lowest BCUT2D eigenvalue weighted by Crippen LogP contribution is -2.36. The molecule has 6 nitrogen and oxygen atoms in total. The molecule has 30 heavy (non-hydrogen) atoms. The van der Waals surface area contributed by atoms with Crippen molar-refractivity contribution >= 4 is 5.96 Å². The van der Waals surface area contributed by atoms with E-state index in [-0.39, 0.29) is 5.75 Å². The van der Waals surface area contributed by atoms with Crippen LogP contribution in [-0.4, -0.2) is 42.7 Å². The molecular formula is C24H34N4O2. The number of phenols is 1. The van der Waals surface area contributed by atoms with Crippen molar-refractivity contribution in [3.05, 3.63) is 59.2 Å². The van der Waals surface area contributed by atoms with Gasteiger partial charge >= 0.3 is 0 Å². The maximum Gasteiger partial charge on any atom is 0.191 e. The Balaban J connectivity index is 1.56. The van der Waals surface area contributed by atoms with E-state index in [2.05, 4.69) is 44.8 Å². The number of aromatic hydroxyl groups is 1. The lowest BCUT2D eigenvalue weighted by Gasteiger charge is -2.26. The number of methoxy groups -OCH3 is 1. The maximum absolute atomic E-state index is 10.1. The zero-order valence-electron chi connectivity index (χ0n) is 18.2. The first-order chi connectivity index (χ1) is 14.7. The summed E-state index contributed by atoms with van der Waals surface area (Å²) in [6, 6.07) is 14.0. The molecule has 162 valence electrons. The minimum atomic E-state index is 0.239. The Hall–Kier alpha value is -2.73. The molecule has 0 aromatic heterocycles. The SMILES string of the molecule is CCNC(=NCc1ccc(CN2CCCCC2)cc1)NCc1cc(OC)ccc1O. The standard InChI is InChI=1S/C24H34N4O2/c1-3-25-24(27-17-21-15-22(30-2)11-12-23(21)29)26-16-19-7-9-20(10-8-19)18-28-13-5-4-6-14-28/h7-12,15,29H,3-6,13-14,16-18H2,1-2H3,(H2,25,26,27). The number of phenolic OH excluding ortho intramolecular Hbond substituents is 1. The molecule has 1 aliphatic rings.